The smallest absolute Gasteiger partial charge is 0.267 e. The molecule has 20 heavy (non-hydrogen) atoms. The van der Waals surface area contributed by atoms with Crippen LogP contribution in [-0.4, -0.2) is 41.6 Å². The number of nitrogens with one attached hydrogen (secondary N) is 1. The van der Waals surface area contributed by atoms with Crippen molar-refractivity contribution in [3.8, 4) is 0 Å². The largest absolute Gasteiger partial charge is 0.351 e. The Morgan fingerprint density at radius 1 is 1.45 bits per heavy atom. The molecule has 1 amide bonds. The lowest BCUT2D eigenvalue weighted by atomic mass is 9.99. The average molecular weight is 342 g/mol. The monoisotopic (exact) mass is 341 g/mol. The zero-order valence-corrected chi connectivity index (χ0v) is 13.9. The molecule has 0 atom stereocenters. The Hall–Kier alpha value is -0.810. The molecule has 0 aromatic carbocycles. The molecule has 2 rings (SSSR count). The highest BCUT2D eigenvalue weighted by molar-refractivity contribution is 9.10. The van der Waals surface area contributed by atoms with Gasteiger partial charge in [-0.25, -0.2) is 0 Å². The number of aryl methyl sites for hydroxylation is 1. The first kappa shape index (κ1) is 15.6. The molecule has 1 aliphatic heterocycles. The minimum absolute atomic E-state index is 0.00506. The van der Waals surface area contributed by atoms with Crippen molar-refractivity contribution in [1.82, 2.24) is 14.8 Å². The summed E-state index contributed by atoms with van der Waals surface area (Å²) in [5.74, 6) is 0.882. The van der Waals surface area contributed by atoms with E-state index in [0.717, 1.165) is 29.9 Å². The zero-order valence-electron chi connectivity index (χ0n) is 12.4. The van der Waals surface area contributed by atoms with Gasteiger partial charge in [-0.1, -0.05) is 6.92 Å². The number of carbonyl (C=O) groups excluding carboxylic acids is 1. The van der Waals surface area contributed by atoms with E-state index in [1.165, 1.54) is 25.9 Å². The number of likely N-dealkylation sites (tertiary alicyclic amines) is 1. The molecular formula is C15H24BrN3O. The Bertz CT molecular complexity index is 450. The molecule has 1 aromatic rings. The van der Waals surface area contributed by atoms with Crippen LogP contribution >= 0.6 is 15.9 Å². The second-order valence-electron chi connectivity index (χ2n) is 5.79. The van der Waals surface area contributed by atoms with Crippen molar-refractivity contribution in [2.24, 2.45) is 13.0 Å². The Kier molecular flexibility index (Phi) is 5.66. The number of halogens is 1. The standard InChI is InChI=1S/C15H24BrN3O/c1-12-4-8-19(9-5-12)7-3-6-17-15(20)14-10-13(16)11-18(14)2/h10-12H,3-9H2,1-2H3,(H,17,20). The molecule has 1 saturated heterocycles. The van der Waals surface area contributed by atoms with Crippen molar-refractivity contribution < 1.29 is 4.79 Å². The van der Waals surface area contributed by atoms with Gasteiger partial charge in [0, 0.05) is 24.3 Å². The second kappa shape index (κ2) is 7.27. The molecule has 1 aromatic heterocycles. The SMILES string of the molecule is CC1CCN(CCCNC(=O)c2cc(Br)cn2C)CC1. The maximum atomic E-state index is 12.0. The summed E-state index contributed by atoms with van der Waals surface area (Å²) in [5.41, 5.74) is 0.698. The van der Waals surface area contributed by atoms with E-state index in [0.29, 0.717) is 5.69 Å². The molecule has 0 aliphatic carbocycles. The van der Waals surface area contributed by atoms with Crippen LogP contribution in [0, 0.1) is 5.92 Å². The van der Waals surface area contributed by atoms with Crippen LogP contribution in [0.25, 0.3) is 0 Å². The minimum atomic E-state index is 0.00506. The predicted octanol–water partition coefficient (Wildman–Crippen LogP) is 2.64. The van der Waals surface area contributed by atoms with Crippen LogP contribution in [-0.2, 0) is 7.05 Å². The van der Waals surface area contributed by atoms with Crippen molar-refractivity contribution in [1.29, 1.82) is 0 Å². The molecule has 1 aliphatic rings. The second-order valence-corrected chi connectivity index (χ2v) is 6.70. The van der Waals surface area contributed by atoms with Gasteiger partial charge in [0.05, 0.1) is 0 Å². The third kappa shape index (κ3) is 4.35. The first-order chi connectivity index (χ1) is 9.56. The molecule has 0 saturated carbocycles. The van der Waals surface area contributed by atoms with Crippen LogP contribution in [0.3, 0.4) is 0 Å². The van der Waals surface area contributed by atoms with E-state index in [1.54, 1.807) is 0 Å². The topological polar surface area (TPSA) is 37.3 Å². The highest BCUT2D eigenvalue weighted by atomic mass is 79.9. The van der Waals surface area contributed by atoms with E-state index in [4.69, 9.17) is 0 Å². The summed E-state index contributed by atoms with van der Waals surface area (Å²) in [7, 11) is 1.88. The highest BCUT2D eigenvalue weighted by Gasteiger charge is 2.15. The maximum absolute atomic E-state index is 12.0. The maximum Gasteiger partial charge on any atom is 0.267 e. The Morgan fingerprint density at radius 2 is 2.15 bits per heavy atom. The van der Waals surface area contributed by atoms with Crippen LogP contribution in [0.15, 0.2) is 16.7 Å². The molecular weight excluding hydrogens is 318 g/mol. The molecule has 0 radical (unpaired) electrons. The van der Waals surface area contributed by atoms with Gasteiger partial charge in [0.15, 0.2) is 0 Å². The molecule has 0 spiro atoms. The van der Waals surface area contributed by atoms with E-state index in [-0.39, 0.29) is 5.91 Å². The normalized spacial score (nSPS) is 17.4. The van der Waals surface area contributed by atoms with Crippen LogP contribution in [0.2, 0.25) is 0 Å². The van der Waals surface area contributed by atoms with Gasteiger partial charge in [-0.3, -0.25) is 4.79 Å². The summed E-state index contributed by atoms with van der Waals surface area (Å²) in [6.07, 6.45) is 5.53. The van der Waals surface area contributed by atoms with E-state index >= 15 is 0 Å². The highest BCUT2D eigenvalue weighted by Crippen LogP contribution is 2.16. The first-order valence-corrected chi connectivity index (χ1v) is 8.18. The predicted molar refractivity (Wildman–Crippen MR) is 84.9 cm³/mol. The Morgan fingerprint density at radius 3 is 2.75 bits per heavy atom. The van der Waals surface area contributed by atoms with Gasteiger partial charge in [-0.05, 0) is 66.8 Å². The fourth-order valence-corrected chi connectivity index (χ4v) is 3.15. The van der Waals surface area contributed by atoms with Gasteiger partial charge in [0.2, 0.25) is 0 Å². The van der Waals surface area contributed by atoms with Gasteiger partial charge in [-0.2, -0.15) is 0 Å². The molecule has 112 valence electrons. The number of hydrogen-bond donors (Lipinski definition) is 1. The number of aromatic nitrogens is 1. The quantitative estimate of drug-likeness (QED) is 0.836. The molecule has 0 unspecified atom stereocenters. The molecule has 0 bridgehead atoms. The van der Waals surface area contributed by atoms with Crippen LogP contribution in [0.1, 0.15) is 36.7 Å². The molecule has 1 N–H and O–H groups in total. The molecule has 4 nitrogen and oxygen atoms in total. The van der Waals surface area contributed by atoms with E-state index < -0.39 is 0 Å². The van der Waals surface area contributed by atoms with Crippen LogP contribution in [0.4, 0.5) is 0 Å². The lowest BCUT2D eigenvalue weighted by Crippen LogP contribution is -2.35. The summed E-state index contributed by atoms with van der Waals surface area (Å²) >= 11 is 3.38. The van der Waals surface area contributed by atoms with E-state index in [2.05, 4.69) is 33.1 Å². The van der Waals surface area contributed by atoms with Gasteiger partial charge in [0.1, 0.15) is 5.69 Å². The van der Waals surface area contributed by atoms with E-state index in [9.17, 15) is 4.79 Å². The average Bonchev–Trinajstić information content (AvgIpc) is 2.75. The number of amides is 1. The van der Waals surface area contributed by atoms with Gasteiger partial charge in [0.25, 0.3) is 5.91 Å². The fraction of sp³-hybridized carbons (Fsp3) is 0.667. The summed E-state index contributed by atoms with van der Waals surface area (Å²) < 4.78 is 2.78. The van der Waals surface area contributed by atoms with Gasteiger partial charge >= 0.3 is 0 Å². The number of rotatable bonds is 5. The lowest BCUT2D eigenvalue weighted by molar-refractivity contribution is 0.0942. The third-order valence-corrected chi connectivity index (χ3v) is 4.45. The van der Waals surface area contributed by atoms with Gasteiger partial charge in [-0.15, -0.1) is 0 Å². The first-order valence-electron chi connectivity index (χ1n) is 7.38. The number of carbonyl (C=O) groups is 1. The van der Waals surface area contributed by atoms with Crippen molar-refractivity contribution >= 4 is 21.8 Å². The van der Waals surface area contributed by atoms with Crippen LogP contribution < -0.4 is 5.32 Å². The van der Waals surface area contributed by atoms with Crippen molar-refractivity contribution in [3.63, 3.8) is 0 Å². The van der Waals surface area contributed by atoms with Crippen molar-refractivity contribution in [3.05, 3.63) is 22.4 Å². The fourth-order valence-electron chi connectivity index (χ4n) is 2.63. The minimum Gasteiger partial charge on any atom is -0.351 e. The molecule has 5 heteroatoms. The molecule has 2 heterocycles. The summed E-state index contributed by atoms with van der Waals surface area (Å²) in [5, 5.41) is 2.99. The number of nitrogens with zero attached hydrogens (tertiary/aromatic N) is 2. The van der Waals surface area contributed by atoms with Gasteiger partial charge < -0.3 is 14.8 Å². The number of piperidine rings is 1. The van der Waals surface area contributed by atoms with Crippen molar-refractivity contribution in [2.45, 2.75) is 26.2 Å². The summed E-state index contributed by atoms with van der Waals surface area (Å²) in [6.45, 7) is 6.58. The lowest BCUT2D eigenvalue weighted by Gasteiger charge is -2.30. The van der Waals surface area contributed by atoms with Crippen LogP contribution in [0.5, 0.6) is 0 Å². The zero-order chi connectivity index (χ0) is 14.5. The van der Waals surface area contributed by atoms with E-state index in [1.807, 2.05) is 23.9 Å². The molecule has 1 fully saturated rings. The summed E-state index contributed by atoms with van der Waals surface area (Å²) in [4.78, 5) is 14.5. The third-order valence-electron chi connectivity index (χ3n) is 4.02. The van der Waals surface area contributed by atoms with Crippen molar-refractivity contribution in [2.75, 3.05) is 26.2 Å². The summed E-state index contributed by atoms with van der Waals surface area (Å²) in [6, 6.07) is 1.85. The Labute approximate surface area is 129 Å². The number of hydrogen-bond acceptors (Lipinski definition) is 2. The Balaban J connectivity index is 1.66.